The molecule has 1 aromatic heterocycles. The molecule has 7 heteroatoms. The maximum absolute atomic E-state index is 13.7. The Morgan fingerprint density at radius 2 is 1.82 bits per heavy atom. The van der Waals surface area contributed by atoms with Crippen molar-refractivity contribution < 1.29 is 14.3 Å². The lowest BCUT2D eigenvalue weighted by Crippen LogP contribution is -2.31. The minimum absolute atomic E-state index is 0.183. The molecule has 1 aliphatic rings. The van der Waals surface area contributed by atoms with Crippen molar-refractivity contribution >= 4 is 28.6 Å². The van der Waals surface area contributed by atoms with Gasteiger partial charge in [-0.15, -0.1) is 0 Å². The molecule has 3 aromatic carbocycles. The van der Waals surface area contributed by atoms with E-state index in [9.17, 15) is 4.79 Å². The first kappa shape index (κ1) is 21.6. The van der Waals surface area contributed by atoms with Crippen LogP contribution in [0.15, 0.2) is 84.1 Å². The van der Waals surface area contributed by atoms with Crippen LogP contribution >= 0.6 is 0 Å². The minimum Gasteiger partial charge on any atom is -0.493 e. The fourth-order valence-electron chi connectivity index (χ4n) is 4.42. The van der Waals surface area contributed by atoms with E-state index >= 15 is 0 Å². The monoisotopic (exact) mass is 454 g/mol. The molecule has 0 bridgehead atoms. The van der Waals surface area contributed by atoms with Crippen molar-refractivity contribution in [1.82, 2.24) is 9.55 Å². The number of carbonyl (C=O) groups is 1. The molecule has 2 heterocycles. The van der Waals surface area contributed by atoms with E-state index in [-0.39, 0.29) is 5.91 Å². The molecule has 1 aliphatic heterocycles. The number of imidazole rings is 1. The largest absolute Gasteiger partial charge is 0.493 e. The van der Waals surface area contributed by atoms with Gasteiger partial charge in [0.05, 0.1) is 36.4 Å². The summed E-state index contributed by atoms with van der Waals surface area (Å²) < 4.78 is 13.4. The molecule has 0 radical (unpaired) electrons. The molecular weight excluding hydrogens is 428 g/mol. The van der Waals surface area contributed by atoms with Gasteiger partial charge in [0.2, 0.25) is 5.95 Å². The molecule has 172 valence electrons. The molecular formula is C27H26N4O3. The van der Waals surface area contributed by atoms with Crippen molar-refractivity contribution in [2.24, 2.45) is 0 Å². The Hall–Kier alpha value is -4.26. The van der Waals surface area contributed by atoms with E-state index in [0.717, 1.165) is 28.0 Å². The normalized spacial score (nSPS) is 15.0. The van der Waals surface area contributed by atoms with Crippen molar-refractivity contribution in [3.8, 4) is 11.5 Å². The number of carbonyl (C=O) groups excluding carboxylic acids is 1. The summed E-state index contributed by atoms with van der Waals surface area (Å²) in [5.41, 5.74) is 4.76. The van der Waals surface area contributed by atoms with E-state index in [2.05, 4.69) is 15.2 Å². The second-order valence-corrected chi connectivity index (χ2v) is 8.02. The summed E-state index contributed by atoms with van der Waals surface area (Å²) in [5.74, 6) is 1.78. The number of nitrogens with one attached hydrogen (secondary N) is 2. The topological polar surface area (TPSA) is 77.4 Å². The number of anilines is 2. The number of fused-ring (bicyclic) bond motifs is 3. The third-order valence-corrected chi connectivity index (χ3v) is 5.91. The predicted octanol–water partition coefficient (Wildman–Crippen LogP) is 5.37. The van der Waals surface area contributed by atoms with Crippen LogP contribution in [0.1, 0.15) is 25.5 Å². The number of nitrogens with zero attached hydrogens (tertiary/aromatic N) is 2. The number of hydrogen-bond acceptors (Lipinski definition) is 5. The lowest BCUT2D eigenvalue weighted by atomic mass is 9.94. The molecule has 4 aromatic rings. The lowest BCUT2D eigenvalue weighted by Gasteiger charge is -2.31. The predicted molar refractivity (Wildman–Crippen MR) is 133 cm³/mol. The molecule has 2 N–H and O–H groups in total. The molecule has 0 saturated heterocycles. The van der Waals surface area contributed by atoms with Crippen molar-refractivity contribution in [2.45, 2.75) is 19.9 Å². The second kappa shape index (κ2) is 8.94. The fourth-order valence-corrected chi connectivity index (χ4v) is 4.42. The van der Waals surface area contributed by atoms with Crippen LogP contribution in [-0.2, 0) is 4.79 Å². The van der Waals surface area contributed by atoms with Crippen LogP contribution in [0.3, 0.4) is 0 Å². The summed E-state index contributed by atoms with van der Waals surface area (Å²) in [6, 6.07) is 22.7. The number of hydrogen-bond donors (Lipinski definition) is 2. The van der Waals surface area contributed by atoms with Crippen LogP contribution in [0, 0.1) is 0 Å². The molecule has 1 atom stereocenters. The SMILES string of the molecule is CCOc1ccc([C@H]2C(C(=O)Nc3ccccc3)=C(C)Nc3nc4ccccc4n32)cc1OC. The van der Waals surface area contributed by atoms with Gasteiger partial charge in [-0.05, 0) is 55.8 Å². The van der Waals surface area contributed by atoms with E-state index < -0.39 is 6.04 Å². The van der Waals surface area contributed by atoms with Crippen LogP contribution in [0.4, 0.5) is 11.6 Å². The zero-order valence-corrected chi connectivity index (χ0v) is 19.3. The van der Waals surface area contributed by atoms with Gasteiger partial charge in [0.1, 0.15) is 0 Å². The Morgan fingerprint density at radius 3 is 2.59 bits per heavy atom. The Labute approximate surface area is 198 Å². The molecule has 0 spiro atoms. The number of para-hydroxylation sites is 3. The molecule has 7 nitrogen and oxygen atoms in total. The Balaban J connectivity index is 1.68. The van der Waals surface area contributed by atoms with E-state index in [0.29, 0.717) is 29.6 Å². The Bertz CT molecular complexity index is 1390. The van der Waals surface area contributed by atoms with Gasteiger partial charge in [-0.2, -0.15) is 0 Å². The molecule has 0 saturated carbocycles. The summed E-state index contributed by atoms with van der Waals surface area (Å²) in [7, 11) is 1.62. The highest BCUT2D eigenvalue weighted by Crippen LogP contribution is 2.41. The van der Waals surface area contributed by atoms with Crippen molar-refractivity contribution in [3.63, 3.8) is 0 Å². The van der Waals surface area contributed by atoms with Gasteiger partial charge in [0, 0.05) is 11.4 Å². The van der Waals surface area contributed by atoms with E-state index in [1.54, 1.807) is 7.11 Å². The van der Waals surface area contributed by atoms with Crippen molar-refractivity contribution in [3.05, 3.63) is 89.6 Å². The van der Waals surface area contributed by atoms with Gasteiger partial charge in [-0.3, -0.25) is 9.36 Å². The highest BCUT2D eigenvalue weighted by atomic mass is 16.5. The first-order valence-corrected chi connectivity index (χ1v) is 11.2. The molecule has 1 amide bonds. The Morgan fingerprint density at radius 1 is 1.06 bits per heavy atom. The van der Waals surface area contributed by atoms with Crippen LogP contribution < -0.4 is 20.1 Å². The average Bonchev–Trinajstić information content (AvgIpc) is 3.22. The van der Waals surface area contributed by atoms with E-state index in [1.165, 1.54) is 0 Å². The van der Waals surface area contributed by atoms with E-state index in [4.69, 9.17) is 14.5 Å². The summed E-state index contributed by atoms with van der Waals surface area (Å²) in [6.07, 6.45) is 0. The first-order valence-electron chi connectivity index (χ1n) is 11.2. The number of allylic oxidation sites excluding steroid dienone is 1. The number of rotatable bonds is 6. The van der Waals surface area contributed by atoms with Crippen molar-refractivity contribution in [2.75, 3.05) is 24.4 Å². The molecule has 34 heavy (non-hydrogen) atoms. The summed E-state index contributed by atoms with van der Waals surface area (Å²) in [4.78, 5) is 18.4. The zero-order chi connectivity index (χ0) is 23.7. The molecule has 0 aliphatic carbocycles. The first-order chi connectivity index (χ1) is 16.6. The van der Waals surface area contributed by atoms with Gasteiger partial charge in [-0.1, -0.05) is 36.4 Å². The quantitative estimate of drug-likeness (QED) is 0.410. The lowest BCUT2D eigenvalue weighted by molar-refractivity contribution is -0.113. The minimum atomic E-state index is -0.420. The molecule has 5 rings (SSSR count). The highest BCUT2D eigenvalue weighted by molar-refractivity contribution is 6.06. The fraction of sp³-hybridized carbons (Fsp3) is 0.185. The van der Waals surface area contributed by atoms with Gasteiger partial charge >= 0.3 is 0 Å². The smallest absolute Gasteiger partial charge is 0.255 e. The number of benzene rings is 3. The molecule has 0 unspecified atom stereocenters. The third kappa shape index (κ3) is 3.75. The average molecular weight is 455 g/mol. The number of ether oxygens (including phenoxy) is 2. The summed E-state index contributed by atoms with van der Waals surface area (Å²) in [6.45, 7) is 4.37. The second-order valence-electron chi connectivity index (χ2n) is 8.02. The maximum Gasteiger partial charge on any atom is 0.255 e. The maximum atomic E-state index is 13.7. The summed E-state index contributed by atoms with van der Waals surface area (Å²) in [5, 5.41) is 6.39. The van der Waals surface area contributed by atoms with E-state index in [1.807, 2.05) is 86.6 Å². The van der Waals surface area contributed by atoms with Gasteiger partial charge < -0.3 is 20.1 Å². The third-order valence-electron chi connectivity index (χ3n) is 5.91. The highest BCUT2D eigenvalue weighted by Gasteiger charge is 2.34. The summed E-state index contributed by atoms with van der Waals surface area (Å²) >= 11 is 0. The van der Waals surface area contributed by atoms with Crippen LogP contribution in [0.5, 0.6) is 11.5 Å². The Kier molecular flexibility index (Phi) is 5.67. The molecule has 0 fully saturated rings. The standard InChI is InChI=1S/C27H26N4O3/c1-4-34-22-15-14-18(16-23(22)33-3)25-24(26(32)29-19-10-6-5-7-11-19)17(2)28-27-30-20-12-8-9-13-21(20)31(25)27/h5-16,25H,4H2,1-3H3,(H,28,30)(H,29,32)/t25-/m0/s1. The zero-order valence-electron chi connectivity index (χ0n) is 19.3. The van der Waals surface area contributed by atoms with Gasteiger partial charge in [-0.25, -0.2) is 4.98 Å². The number of methoxy groups -OCH3 is 1. The van der Waals surface area contributed by atoms with Gasteiger partial charge in [0.25, 0.3) is 5.91 Å². The number of aromatic nitrogens is 2. The van der Waals surface area contributed by atoms with Crippen molar-refractivity contribution in [1.29, 1.82) is 0 Å². The van der Waals surface area contributed by atoms with Gasteiger partial charge in [0.15, 0.2) is 11.5 Å². The van der Waals surface area contributed by atoms with Crippen LogP contribution in [0.25, 0.3) is 11.0 Å². The van der Waals surface area contributed by atoms with Crippen LogP contribution in [0.2, 0.25) is 0 Å². The van der Waals surface area contributed by atoms with Crippen LogP contribution in [-0.4, -0.2) is 29.2 Å². The number of amides is 1.